The maximum absolute atomic E-state index is 5.74. The van der Waals surface area contributed by atoms with E-state index in [2.05, 4.69) is 53.5 Å². The largest absolute Gasteiger partial charge is 0.493 e. The maximum Gasteiger partial charge on any atom is 0.176 e. The number of ether oxygens (including phenoxy) is 1. The lowest BCUT2D eigenvalue weighted by Crippen LogP contribution is -2.27. The van der Waals surface area contributed by atoms with Crippen molar-refractivity contribution < 1.29 is 9.15 Å². The van der Waals surface area contributed by atoms with Crippen molar-refractivity contribution in [2.75, 3.05) is 20.2 Å². The predicted molar refractivity (Wildman–Crippen MR) is 106 cm³/mol. The lowest BCUT2D eigenvalue weighted by Gasteiger charge is -2.25. The van der Waals surface area contributed by atoms with Gasteiger partial charge in [0, 0.05) is 30.6 Å². The zero-order valence-corrected chi connectivity index (χ0v) is 15.0. The predicted octanol–water partition coefficient (Wildman–Crippen LogP) is 5.29. The summed E-state index contributed by atoms with van der Waals surface area (Å²) in [6, 6.07) is 16.5. The quantitative estimate of drug-likeness (QED) is 0.628. The van der Waals surface area contributed by atoms with Crippen molar-refractivity contribution in [3.63, 3.8) is 0 Å². The molecule has 4 rings (SSSR count). The highest BCUT2D eigenvalue weighted by molar-refractivity contribution is 5.86. The van der Waals surface area contributed by atoms with E-state index in [9.17, 15) is 0 Å². The average Bonchev–Trinajstić information content (AvgIpc) is 3.11. The SMILES string of the molecule is COc1cccc2c(CN3CC=C(C=Cc4ccccc4)CC3)coc12. The highest BCUT2D eigenvalue weighted by Gasteiger charge is 2.15. The molecule has 0 saturated heterocycles. The molecule has 3 heteroatoms. The van der Waals surface area contributed by atoms with Crippen molar-refractivity contribution >= 4 is 17.0 Å². The fraction of sp³-hybridized carbons (Fsp3) is 0.217. The summed E-state index contributed by atoms with van der Waals surface area (Å²) in [5, 5.41) is 1.14. The smallest absolute Gasteiger partial charge is 0.176 e. The number of hydrogen-bond acceptors (Lipinski definition) is 3. The molecule has 0 radical (unpaired) electrons. The van der Waals surface area contributed by atoms with E-state index in [1.807, 2.05) is 24.5 Å². The van der Waals surface area contributed by atoms with E-state index < -0.39 is 0 Å². The molecule has 0 aliphatic carbocycles. The van der Waals surface area contributed by atoms with Crippen LogP contribution in [0.15, 0.2) is 76.9 Å². The van der Waals surface area contributed by atoms with Gasteiger partial charge in [-0.25, -0.2) is 0 Å². The summed E-state index contributed by atoms with van der Waals surface area (Å²) in [6.45, 7) is 2.92. The fourth-order valence-corrected chi connectivity index (χ4v) is 3.40. The van der Waals surface area contributed by atoms with Crippen LogP contribution in [0.2, 0.25) is 0 Å². The average molecular weight is 345 g/mol. The van der Waals surface area contributed by atoms with Gasteiger partial charge in [-0.3, -0.25) is 4.90 Å². The van der Waals surface area contributed by atoms with Crippen molar-refractivity contribution in [3.05, 3.63) is 83.6 Å². The lowest BCUT2D eigenvalue weighted by molar-refractivity contribution is 0.287. The first kappa shape index (κ1) is 16.7. The van der Waals surface area contributed by atoms with Crippen LogP contribution in [0.25, 0.3) is 17.0 Å². The number of benzene rings is 2. The Morgan fingerprint density at radius 2 is 1.96 bits per heavy atom. The first-order valence-corrected chi connectivity index (χ1v) is 9.01. The zero-order valence-electron chi connectivity index (χ0n) is 15.0. The van der Waals surface area contributed by atoms with E-state index in [1.54, 1.807) is 7.11 Å². The molecule has 1 aliphatic heterocycles. The van der Waals surface area contributed by atoms with Crippen molar-refractivity contribution in [2.24, 2.45) is 0 Å². The normalized spacial score (nSPS) is 15.5. The molecule has 2 heterocycles. The van der Waals surface area contributed by atoms with Crippen molar-refractivity contribution in [1.82, 2.24) is 4.90 Å². The second-order valence-corrected chi connectivity index (χ2v) is 6.61. The van der Waals surface area contributed by atoms with Gasteiger partial charge in [-0.2, -0.15) is 0 Å². The topological polar surface area (TPSA) is 25.6 Å². The molecule has 26 heavy (non-hydrogen) atoms. The Kier molecular flexibility index (Phi) is 4.89. The van der Waals surface area contributed by atoms with E-state index in [-0.39, 0.29) is 0 Å². The number of hydrogen-bond donors (Lipinski definition) is 0. The highest BCUT2D eigenvalue weighted by Crippen LogP contribution is 2.30. The molecule has 1 aromatic heterocycles. The van der Waals surface area contributed by atoms with Gasteiger partial charge in [0.2, 0.25) is 0 Å². The second kappa shape index (κ2) is 7.63. The van der Waals surface area contributed by atoms with Crippen LogP contribution < -0.4 is 4.74 Å². The van der Waals surface area contributed by atoms with E-state index in [0.29, 0.717) is 0 Å². The first-order valence-electron chi connectivity index (χ1n) is 9.01. The Hall–Kier alpha value is -2.78. The third-order valence-corrected chi connectivity index (χ3v) is 4.88. The molecule has 0 fully saturated rings. The van der Waals surface area contributed by atoms with Gasteiger partial charge in [-0.05, 0) is 23.6 Å². The molecule has 1 aliphatic rings. The van der Waals surface area contributed by atoms with Crippen LogP contribution in [-0.2, 0) is 6.54 Å². The molecule has 0 N–H and O–H groups in total. The minimum atomic E-state index is 0.792. The first-order chi connectivity index (χ1) is 12.8. The Bertz CT molecular complexity index is 937. The minimum Gasteiger partial charge on any atom is -0.493 e. The fourth-order valence-electron chi connectivity index (χ4n) is 3.40. The molecule has 0 unspecified atom stereocenters. The summed E-state index contributed by atoms with van der Waals surface area (Å²) in [7, 11) is 1.68. The van der Waals surface area contributed by atoms with Gasteiger partial charge in [-0.15, -0.1) is 0 Å². The second-order valence-electron chi connectivity index (χ2n) is 6.61. The van der Waals surface area contributed by atoms with Crippen LogP contribution in [0.5, 0.6) is 5.75 Å². The van der Waals surface area contributed by atoms with Crippen LogP contribution in [0.3, 0.4) is 0 Å². The van der Waals surface area contributed by atoms with Crippen LogP contribution in [-0.4, -0.2) is 25.1 Å². The number of furan rings is 1. The van der Waals surface area contributed by atoms with E-state index in [0.717, 1.165) is 42.8 Å². The Morgan fingerprint density at radius 3 is 2.73 bits per heavy atom. The Balaban J connectivity index is 1.42. The van der Waals surface area contributed by atoms with Crippen LogP contribution in [0.4, 0.5) is 0 Å². The van der Waals surface area contributed by atoms with Gasteiger partial charge in [-0.1, -0.05) is 60.7 Å². The van der Waals surface area contributed by atoms with Crippen molar-refractivity contribution in [1.29, 1.82) is 0 Å². The molecule has 3 aromatic rings. The molecule has 132 valence electrons. The van der Waals surface area contributed by atoms with Crippen molar-refractivity contribution in [2.45, 2.75) is 13.0 Å². The number of methoxy groups -OCH3 is 1. The summed E-state index contributed by atoms with van der Waals surface area (Å²) >= 11 is 0. The molecular formula is C23H23NO2. The van der Waals surface area contributed by atoms with Crippen molar-refractivity contribution in [3.8, 4) is 5.75 Å². The van der Waals surface area contributed by atoms with Gasteiger partial charge in [0.05, 0.1) is 13.4 Å². The molecular weight excluding hydrogens is 322 g/mol. The zero-order chi connectivity index (χ0) is 17.8. The standard InChI is InChI=1S/C23H23NO2/c1-25-22-9-5-8-21-20(17-26-23(21)22)16-24-14-12-19(13-15-24)11-10-18-6-3-2-4-7-18/h2-12,17H,13-16H2,1H3. The van der Waals surface area contributed by atoms with Gasteiger partial charge in [0.15, 0.2) is 11.3 Å². The Labute approximate surface area is 154 Å². The number of nitrogens with zero attached hydrogens (tertiary/aromatic N) is 1. The monoisotopic (exact) mass is 345 g/mol. The summed E-state index contributed by atoms with van der Waals surface area (Å²) in [4.78, 5) is 2.45. The molecule has 0 spiro atoms. The van der Waals surface area contributed by atoms with Gasteiger partial charge in [0.1, 0.15) is 0 Å². The van der Waals surface area contributed by atoms with E-state index >= 15 is 0 Å². The molecule has 0 atom stereocenters. The molecule has 0 bridgehead atoms. The molecule has 2 aromatic carbocycles. The summed E-state index contributed by atoms with van der Waals surface area (Å²) < 4.78 is 11.1. The highest BCUT2D eigenvalue weighted by atomic mass is 16.5. The van der Waals surface area contributed by atoms with Crippen LogP contribution in [0, 0.1) is 0 Å². The third-order valence-electron chi connectivity index (χ3n) is 4.88. The summed E-state index contributed by atoms with van der Waals surface area (Å²) in [5.41, 5.74) is 4.71. The molecule has 0 amide bonds. The number of allylic oxidation sites excluding steroid dienone is 1. The van der Waals surface area contributed by atoms with Crippen LogP contribution in [0.1, 0.15) is 17.5 Å². The minimum absolute atomic E-state index is 0.792. The molecule has 0 saturated carbocycles. The van der Waals surface area contributed by atoms with Gasteiger partial charge < -0.3 is 9.15 Å². The van der Waals surface area contributed by atoms with Gasteiger partial charge >= 0.3 is 0 Å². The number of fused-ring (bicyclic) bond motifs is 1. The Morgan fingerprint density at radius 1 is 1.08 bits per heavy atom. The summed E-state index contributed by atoms with van der Waals surface area (Å²) in [5.74, 6) is 0.792. The molecule has 3 nitrogen and oxygen atoms in total. The number of para-hydroxylation sites is 1. The van der Waals surface area contributed by atoms with E-state index in [1.165, 1.54) is 16.7 Å². The van der Waals surface area contributed by atoms with Crippen LogP contribution >= 0.6 is 0 Å². The number of rotatable bonds is 5. The summed E-state index contributed by atoms with van der Waals surface area (Å²) in [6.07, 6.45) is 9.69. The third kappa shape index (κ3) is 3.58. The maximum atomic E-state index is 5.74. The van der Waals surface area contributed by atoms with E-state index in [4.69, 9.17) is 9.15 Å². The lowest BCUT2D eigenvalue weighted by atomic mass is 10.1. The van der Waals surface area contributed by atoms with Gasteiger partial charge in [0.25, 0.3) is 0 Å².